The van der Waals surface area contributed by atoms with Gasteiger partial charge in [-0.25, -0.2) is 4.79 Å². The number of hydrogen-bond donors (Lipinski definition) is 2. The summed E-state index contributed by atoms with van der Waals surface area (Å²) in [7, 11) is 4.23. The maximum Gasteiger partial charge on any atom is 0.319 e. The van der Waals surface area contributed by atoms with E-state index in [4.69, 9.17) is 0 Å². The Morgan fingerprint density at radius 3 is 2.58 bits per heavy atom. The van der Waals surface area contributed by atoms with Crippen LogP contribution in [0.4, 0.5) is 10.5 Å². The third kappa shape index (κ3) is 4.84. The van der Waals surface area contributed by atoms with Crippen LogP contribution in [0, 0.1) is 6.92 Å². The molecule has 2 amide bonds. The van der Waals surface area contributed by atoms with Gasteiger partial charge in [0.05, 0.1) is 0 Å². The highest BCUT2D eigenvalue weighted by Gasteiger charge is 2.22. The molecule has 1 aliphatic rings. The van der Waals surface area contributed by atoms with Crippen molar-refractivity contribution in [2.24, 2.45) is 0 Å². The van der Waals surface area contributed by atoms with Gasteiger partial charge in [0.25, 0.3) is 0 Å². The fourth-order valence-electron chi connectivity index (χ4n) is 3.28. The Hall–Kier alpha value is -2.37. The van der Waals surface area contributed by atoms with E-state index in [0.29, 0.717) is 12.6 Å². The summed E-state index contributed by atoms with van der Waals surface area (Å²) in [5, 5.41) is 5.90. The lowest BCUT2D eigenvalue weighted by Gasteiger charge is -2.37. The maximum atomic E-state index is 12.2. The average molecular weight is 352 g/mol. The number of carbonyl (C=O) groups is 1. The lowest BCUT2D eigenvalue weighted by molar-refractivity contribution is 0.115. The predicted molar refractivity (Wildman–Crippen MR) is 108 cm³/mol. The molecular weight excluding hydrogens is 324 g/mol. The molecule has 1 saturated heterocycles. The summed E-state index contributed by atoms with van der Waals surface area (Å²) < 4.78 is 0. The van der Waals surface area contributed by atoms with Gasteiger partial charge in [-0.05, 0) is 44.3 Å². The molecule has 0 saturated carbocycles. The van der Waals surface area contributed by atoms with E-state index in [-0.39, 0.29) is 6.03 Å². The lowest BCUT2D eigenvalue weighted by Crippen LogP contribution is -2.54. The van der Waals surface area contributed by atoms with Crippen LogP contribution in [0.5, 0.6) is 0 Å². The minimum absolute atomic E-state index is 0.157. The number of piperazine rings is 1. The van der Waals surface area contributed by atoms with Gasteiger partial charge in [0.1, 0.15) is 0 Å². The molecule has 3 rings (SSSR count). The van der Waals surface area contributed by atoms with E-state index in [2.05, 4.69) is 65.7 Å². The number of urea groups is 1. The lowest BCUT2D eigenvalue weighted by atomic mass is 10.0. The SMILES string of the molecule is Cc1cccc(-c2ccc(NC(=O)NC[C@H]3CN(C)CCN3C)cc2)c1. The zero-order valence-electron chi connectivity index (χ0n) is 15.8. The topological polar surface area (TPSA) is 47.6 Å². The average Bonchev–Trinajstić information content (AvgIpc) is 2.63. The Morgan fingerprint density at radius 1 is 1.08 bits per heavy atom. The van der Waals surface area contributed by atoms with Crippen molar-refractivity contribution >= 4 is 11.7 Å². The van der Waals surface area contributed by atoms with E-state index in [9.17, 15) is 4.79 Å². The molecule has 0 aliphatic carbocycles. The molecule has 2 N–H and O–H groups in total. The first-order chi connectivity index (χ1) is 12.5. The standard InChI is InChI=1S/C21H28N4O/c1-16-5-4-6-18(13-16)17-7-9-19(10-8-17)23-21(26)22-14-20-15-24(2)11-12-25(20)3/h4-10,13,20H,11-12,14-15H2,1-3H3,(H2,22,23,26)/t20-/m0/s1. The molecule has 1 aliphatic heterocycles. The largest absolute Gasteiger partial charge is 0.336 e. The predicted octanol–water partition coefficient (Wildman–Crippen LogP) is 3.03. The molecule has 26 heavy (non-hydrogen) atoms. The number of rotatable bonds is 4. The molecule has 138 valence electrons. The molecule has 1 heterocycles. The van der Waals surface area contributed by atoms with Crippen molar-refractivity contribution in [3.8, 4) is 11.1 Å². The number of anilines is 1. The molecule has 0 radical (unpaired) electrons. The van der Waals surface area contributed by atoms with Gasteiger partial charge in [-0.15, -0.1) is 0 Å². The van der Waals surface area contributed by atoms with E-state index >= 15 is 0 Å². The van der Waals surface area contributed by atoms with Gasteiger partial charge in [0.2, 0.25) is 0 Å². The normalized spacial score (nSPS) is 18.5. The van der Waals surface area contributed by atoms with Crippen molar-refractivity contribution in [1.29, 1.82) is 0 Å². The van der Waals surface area contributed by atoms with Crippen molar-refractivity contribution < 1.29 is 4.79 Å². The maximum absolute atomic E-state index is 12.2. The van der Waals surface area contributed by atoms with Crippen LogP contribution < -0.4 is 10.6 Å². The third-order valence-corrected chi connectivity index (χ3v) is 4.97. The Balaban J connectivity index is 1.53. The zero-order valence-corrected chi connectivity index (χ0v) is 15.8. The first-order valence-corrected chi connectivity index (χ1v) is 9.12. The zero-order chi connectivity index (χ0) is 18.5. The van der Waals surface area contributed by atoms with E-state index in [1.54, 1.807) is 0 Å². The molecule has 0 aromatic heterocycles. The number of benzene rings is 2. The molecule has 0 bridgehead atoms. The number of amides is 2. The van der Waals surface area contributed by atoms with Gasteiger partial charge in [-0.3, -0.25) is 4.90 Å². The van der Waals surface area contributed by atoms with Crippen LogP contribution in [0.25, 0.3) is 11.1 Å². The molecule has 5 heteroatoms. The number of nitrogens with one attached hydrogen (secondary N) is 2. The molecule has 5 nitrogen and oxygen atoms in total. The van der Waals surface area contributed by atoms with Gasteiger partial charge >= 0.3 is 6.03 Å². The summed E-state index contributed by atoms with van der Waals surface area (Å²) in [5.74, 6) is 0. The first kappa shape index (κ1) is 18.4. The van der Waals surface area contributed by atoms with Gasteiger partial charge in [0.15, 0.2) is 0 Å². The molecular formula is C21H28N4O. The monoisotopic (exact) mass is 352 g/mol. The Bertz CT molecular complexity index is 744. The highest BCUT2D eigenvalue weighted by molar-refractivity contribution is 5.89. The van der Waals surface area contributed by atoms with Crippen molar-refractivity contribution in [2.45, 2.75) is 13.0 Å². The molecule has 2 aromatic carbocycles. The van der Waals surface area contributed by atoms with Gasteiger partial charge in [-0.2, -0.15) is 0 Å². The summed E-state index contributed by atoms with van der Waals surface area (Å²) in [4.78, 5) is 16.8. The minimum atomic E-state index is -0.157. The second kappa shape index (κ2) is 8.34. The van der Waals surface area contributed by atoms with Crippen LogP contribution in [-0.4, -0.2) is 62.1 Å². The van der Waals surface area contributed by atoms with Gasteiger partial charge < -0.3 is 15.5 Å². The first-order valence-electron chi connectivity index (χ1n) is 9.12. The number of carbonyl (C=O) groups excluding carboxylic acids is 1. The fraction of sp³-hybridized carbons (Fsp3) is 0.381. The Kier molecular flexibility index (Phi) is 5.91. The number of hydrogen-bond acceptors (Lipinski definition) is 3. The summed E-state index contributed by atoms with van der Waals surface area (Å²) in [6.45, 7) is 5.82. The highest BCUT2D eigenvalue weighted by Crippen LogP contribution is 2.22. The van der Waals surface area contributed by atoms with E-state index in [1.165, 1.54) is 11.1 Å². The van der Waals surface area contributed by atoms with Crippen molar-refractivity contribution in [1.82, 2.24) is 15.1 Å². The molecule has 0 spiro atoms. The summed E-state index contributed by atoms with van der Waals surface area (Å²) in [6.07, 6.45) is 0. The number of nitrogens with zero attached hydrogens (tertiary/aromatic N) is 2. The Morgan fingerprint density at radius 2 is 1.85 bits per heavy atom. The number of aryl methyl sites for hydroxylation is 1. The second-order valence-electron chi connectivity index (χ2n) is 7.18. The van der Waals surface area contributed by atoms with Gasteiger partial charge in [-0.1, -0.05) is 42.0 Å². The van der Waals surface area contributed by atoms with Crippen molar-refractivity contribution in [3.05, 3.63) is 54.1 Å². The Labute approximate surface area is 156 Å². The van der Waals surface area contributed by atoms with Crippen LogP contribution in [0.3, 0.4) is 0 Å². The quantitative estimate of drug-likeness (QED) is 0.889. The summed E-state index contributed by atoms with van der Waals surface area (Å²) in [5.41, 5.74) is 4.37. The van der Waals surface area contributed by atoms with Gasteiger partial charge in [0, 0.05) is 37.9 Å². The van der Waals surface area contributed by atoms with Crippen LogP contribution >= 0.6 is 0 Å². The fourth-order valence-corrected chi connectivity index (χ4v) is 3.28. The minimum Gasteiger partial charge on any atom is -0.336 e. The second-order valence-corrected chi connectivity index (χ2v) is 7.18. The van der Waals surface area contributed by atoms with E-state index in [1.807, 2.05) is 24.3 Å². The molecule has 1 atom stereocenters. The third-order valence-electron chi connectivity index (χ3n) is 4.97. The number of likely N-dealkylation sites (N-methyl/N-ethyl adjacent to an activating group) is 2. The molecule has 1 fully saturated rings. The van der Waals surface area contributed by atoms with Crippen LogP contribution in [0.1, 0.15) is 5.56 Å². The summed E-state index contributed by atoms with van der Waals surface area (Å²) >= 11 is 0. The smallest absolute Gasteiger partial charge is 0.319 e. The van der Waals surface area contributed by atoms with E-state index in [0.717, 1.165) is 30.9 Å². The van der Waals surface area contributed by atoms with Crippen molar-refractivity contribution in [3.63, 3.8) is 0 Å². The highest BCUT2D eigenvalue weighted by atomic mass is 16.2. The van der Waals surface area contributed by atoms with Crippen molar-refractivity contribution in [2.75, 3.05) is 45.6 Å². The van der Waals surface area contributed by atoms with Crippen LogP contribution in [-0.2, 0) is 0 Å². The van der Waals surface area contributed by atoms with Crippen LogP contribution in [0.2, 0.25) is 0 Å². The molecule has 0 unspecified atom stereocenters. The summed E-state index contributed by atoms with van der Waals surface area (Å²) in [6, 6.07) is 16.6. The molecule has 2 aromatic rings. The van der Waals surface area contributed by atoms with Crippen LogP contribution in [0.15, 0.2) is 48.5 Å². The van der Waals surface area contributed by atoms with E-state index < -0.39 is 0 Å².